The number of amides is 2. The number of thioether (sulfide) groups is 1. The molecule has 1 fully saturated rings. The Morgan fingerprint density at radius 1 is 0.794 bits per heavy atom. The first-order chi connectivity index (χ1) is 16.7. The molecule has 0 unspecified atom stereocenters. The molecule has 1 aliphatic heterocycles. The molecule has 2 amide bonds. The van der Waals surface area contributed by atoms with Gasteiger partial charge < -0.3 is 4.74 Å². The first-order valence-electron chi connectivity index (χ1n) is 11.2. The van der Waals surface area contributed by atoms with Crippen molar-refractivity contribution in [3.05, 3.63) is 119 Å². The van der Waals surface area contributed by atoms with Crippen LogP contribution in [0.5, 0.6) is 5.75 Å². The molecule has 0 N–H and O–H groups in total. The van der Waals surface area contributed by atoms with Crippen LogP contribution < -0.4 is 4.74 Å². The van der Waals surface area contributed by atoms with E-state index in [-0.39, 0.29) is 11.1 Å². The highest BCUT2D eigenvalue weighted by Gasteiger charge is 2.34. The SMILES string of the molecule is O=C1S/C(=C\c2ccccc2OCc2cccc3ccccc23)C(=O)N1CCc1ccccc1. The van der Waals surface area contributed by atoms with E-state index in [0.29, 0.717) is 30.2 Å². The Labute approximate surface area is 202 Å². The number of carbonyl (C=O) groups is 2. The minimum absolute atomic E-state index is 0.235. The van der Waals surface area contributed by atoms with Gasteiger partial charge in [0.05, 0.1) is 4.91 Å². The van der Waals surface area contributed by atoms with Crippen LogP contribution in [-0.2, 0) is 17.8 Å². The predicted molar refractivity (Wildman–Crippen MR) is 138 cm³/mol. The molecule has 0 radical (unpaired) electrons. The molecule has 0 saturated carbocycles. The van der Waals surface area contributed by atoms with Gasteiger partial charge in [0, 0.05) is 12.1 Å². The zero-order valence-electron chi connectivity index (χ0n) is 18.5. The molecule has 1 heterocycles. The van der Waals surface area contributed by atoms with Crippen LogP contribution in [0.1, 0.15) is 16.7 Å². The number of imide groups is 1. The Morgan fingerprint density at radius 3 is 2.41 bits per heavy atom. The molecule has 4 nitrogen and oxygen atoms in total. The molecule has 0 spiro atoms. The van der Waals surface area contributed by atoms with E-state index in [0.717, 1.165) is 33.8 Å². The van der Waals surface area contributed by atoms with Gasteiger partial charge >= 0.3 is 0 Å². The maximum atomic E-state index is 13.0. The van der Waals surface area contributed by atoms with Crippen LogP contribution in [0, 0.1) is 0 Å². The lowest BCUT2D eigenvalue weighted by molar-refractivity contribution is -0.122. The number of hydrogen-bond acceptors (Lipinski definition) is 4. The summed E-state index contributed by atoms with van der Waals surface area (Å²) < 4.78 is 6.17. The molecule has 5 rings (SSSR count). The number of carbonyl (C=O) groups excluding carboxylic acids is 2. The van der Waals surface area contributed by atoms with Gasteiger partial charge in [-0.1, -0.05) is 91.0 Å². The number of hydrogen-bond donors (Lipinski definition) is 0. The van der Waals surface area contributed by atoms with Gasteiger partial charge in [-0.3, -0.25) is 14.5 Å². The highest BCUT2D eigenvalue weighted by Crippen LogP contribution is 2.34. The van der Waals surface area contributed by atoms with E-state index in [1.54, 1.807) is 6.08 Å². The molecule has 168 valence electrons. The third-order valence-corrected chi connectivity index (χ3v) is 6.72. The largest absolute Gasteiger partial charge is 0.488 e. The van der Waals surface area contributed by atoms with Crippen molar-refractivity contribution in [2.75, 3.05) is 6.54 Å². The molecule has 4 aromatic carbocycles. The number of fused-ring (bicyclic) bond motifs is 1. The third kappa shape index (κ3) is 4.75. The molecule has 5 heteroatoms. The molecule has 0 aromatic heterocycles. The minimum atomic E-state index is -0.255. The lowest BCUT2D eigenvalue weighted by Crippen LogP contribution is -2.30. The van der Waals surface area contributed by atoms with Crippen molar-refractivity contribution in [3.8, 4) is 5.75 Å². The van der Waals surface area contributed by atoms with Gasteiger partial charge in [0.15, 0.2) is 0 Å². The molecule has 34 heavy (non-hydrogen) atoms. The molecule has 0 atom stereocenters. The van der Waals surface area contributed by atoms with Crippen molar-refractivity contribution >= 4 is 39.8 Å². The number of para-hydroxylation sites is 1. The maximum Gasteiger partial charge on any atom is 0.293 e. The number of rotatable bonds is 7. The van der Waals surface area contributed by atoms with Gasteiger partial charge in [0.25, 0.3) is 11.1 Å². The van der Waals surface area contributed by atoms with Crippen LogP contribution in [0.3, 0.4) is 0 Å². The zero-order valence-corrected chi connectivity index (χ0v) is 19.3. The van der Waals surface area contributed by atoms with Gasteiger partial charge in [0.2, 0.25) is 0 Å². The topological polar surface area (TPSA) is 46.6 Å². The van der Waals surface area contributed by atoms with Crippen molar-refractivity contribution in [1.29, 1.82) is 0 Å². The third-order valence-electron chi connectivity index (χ3n) is 5.81. The van der Waals surface area contributed by atoms with Gasteiger partial charge in [-0.15, -0.1) is 0 Å². The summed E-state index contributed by atoms with van der Waals surface area (Å²) in [6.45, 7) is 0.774. The predicted octanol–water partition coefficient (Wildman–Crippen LogP) is 6.70. The van der Waals surface area contributed by atoms with Gasteiger partial charge in [-0.25, -0.2) is 0 Å². The second-order valence-electron chi connectivity index (χ2n) is 8.03. The number of ether oxygens (including phenoxy) is 1. The van der Waals surface area contributed by atoms with Crippen molar-refractivity contribution in [2.24, 2.45) is 0 Å². The number of nitrogens with zero attached hydrogens (tertiary/aromatic N) is 1. The van der Waals surface area contributed by atoms with E-state index in [1.807, 2.05) is 72.8 Å². The van der Waals surface area contributed by atoms with Crippen LogP contribution >= 0.6 is 11.8 Å². The molecule has 1 aliphatic rings. The lowest BCUT2D eigenvalue weighted by atomic mass is 10.1. The monoisotopic (exact) mass is 465 g/mol. The molecule has 0 bridgehead atoms. The second-order valence-corrected chi connectivity index (χ2v) is 9.03. The highest BCUT2D eigenvalue weighted by atomic mass is 32.2. The number of benzene rings is 4. The summed E-state index contributed by atoms with van der Waals surface area (Å²) in [5, 5.41) is 2.09. The average Bonchev–Trinajstić information content (AvgIpc) is 3.14. The summed E-state index contributed by atoms with van der Waals surface area (Å²) in [5.41, 5.74) is 2.96. The fourth-order valence-electron chi connectivity index (χ4n) is 4.02. The quantitative estimate of drug-likeness (QED) is 0.285. The first kappa shape index (κ1) is 22.0. The standard InChI is InChI=1S/C29H23NO3S/c31-28-27(34-29(32)30(28)18-17-21-9-2-1-3-10-21)19-23-12-5-7-16-26(23)33-20-24-14-8-13-22-11-4-6-15-25(22)24/h1-16,19H,17-18,20H2/b27-19-. The van der Waals surface area contributed by atoms with E-state index < -0.39 is 0 Å². The average molecular weight is 466 g/mol. The normalized spacial score (nSPS) is 14.8. The fraction of sp³-hybridized carbons (Fsp3) is 0.103. The van der Waals surface area contributed by atoms with Crippen LogP contribution in [0.4, 0.5) is 4.79 Å². The lowest BCUT2D eigenvalue weighted by Gasteiger charge is -2.12. The first-order valence-corrected chi connectivity index (χ1v) is 12.0. The van der Waals surface area contributed by atoms with Crippen LogP contribution in [0.25, 0.3) is 16.8 Å². The van der Waals surface area contributed by atoms with Crippen LogP contribution in [-0.4, -0.2) is 22.6 Å². The van der Waals surface area contributed by atoms with E-state index in [1.165, 1.54) is 10.3 Å². The Balaban J connectivity index is 1.32. The summed E-state index contributed by atoms with van der Waals surface area (Å²) >= 11 is 0.980. The molecular weight excluding hydrogens is 442 g/mol. The molecule has 0 aliphatic carbocycles. The minimum Gasteiger partial charge on any atom is -0.488 e. The molecular formula is C29H23NO3S. The molecule has 1 saturated heterocycles. The highest BCUT2D eigenvalue weighted by molar-refractivity contribution is 8.18. The van der Waals surface area contributed by atoms with Crippen molar-refractivity contribution in [1.82, 2.24) is 4.90 Å². The van der Waals surface area contributed by atoms with Gasteiger partial charge in [0.1, 0.15) is 12.4 Å². The van der Waals surface area contributed by atoms with E-state index >= 15 is 0 Å². The summed E-state index contributed by atoms with van der Waals surface area (Å²) in [6, 6.07) is 31.8. The summed E-state index contributed by atoms with van der Waals surface area (Å²) in [7, 11) is 0. The van der Waals surface area contributed by atoms with Crippen molar-refractivity contribution < 1.29 is 14.3 Å². The Bertz CT molecular complexity index is 1380. The maximum absolute atomic E-state index is 13.0. The Morgan fingerprint density at radius 2 is 1.53 bits per heavy atom. The Kier molecular flexibility index (Phi) is 6.45. The fourth-order valence-corrected chi connectivity index (χ4v) is 4.88. The summed E-state index contributed by atoms with van der Waals surface area (Å²) in [5.74, 6) is 0.418. The zero-order chi connectivity index (χ0) is 23.3. The van der Waals surface area contributed by atoms with E-state index in [2.05, 4.69) is 24.3 Å². The van der Waals surface area contributed by atoms with Gasteiger partial charge in [-0.05, 0) is 52.2 Å². The Hall–Kier alpha value is -3.83. The summed E-state index contributed by atoms with van der Waals surface area (Å²) in [4.78, 5) is 27.2. The van der Waals surface area contributed by atoms with E-state index in [4.69, 9.17) is 4.74 Å². The second kappa shape index (κ2) is 9.98. The van der Waals surface area contributed by atoms with Crippen LogP contribution in [0.15, 0.2) is 102 Å². The van der Waals surface area contributed by atoms with Crippen LogP contribution in [0.2, 0.25) is 0 Å². The molecule has 4 aromatic rings. The van der Waals surface area contributed by atoms with Gasteiger partial charge in [-0.2, -0.15) is 0 Å². The van der Waals surface area contributed by atoms with Crippen molar-refractivity contribution in [3.63, 3.8) is 0 Å². The van der Waals surface area contributed by atoms with E-state index in [9.17, 15) is 9.59 Å². The van der Waals surface area contributed by atoms with Crippen molar-refractivity contribution in [2.45, 2.75) is 13.0 Å². The summed E-state index contributed by atoms with van der Waals surface area (Å²) in [6.07, 6.45) is 2.39. The smallest absolute Gasteiger partial charge is 0.293 e.